The first-order chi connectivity index (χ1) is 18.2. The van der Waals surface area contributed by atoms with E-state index in [2.05, 4.69) is 81.4 Å². The van der Waals surface area contributed by atoms with E-state index < -0.39 is 5.60 Å². The van der Waals surface area contributed by atoms with Crippen molar-refractivity contribution in [3.05, 3.63) is 95.1 Å². The van der Waals surface area contributed by atoms with Gasteiger partial charge in [-0.2, -0.15) is 0 Å². The number of hydrogen-bond acceptors (Lipinski definition) is 4. The van der Waals surface area contributed by atoms with Gasteiger partial charge >= 0.3 is 6.09 Å². The van der Waals surface area contributed by atoms with E-state index >= 15 is 0 Å². The Bertz CT molecular complexity index is 1270. The van der Waals surface area contributed by atoms with Crippen molar-refractivity contribution in [2.75, 3.05) is 19.8 Å². The fourth-order valence-corrected chi connectivity index (χ4v) is 6.69. The normalized spacial score (nSPS) is 24.6. The number of piperidine rings is 1. The zero-order chi connectivity index (χ0) is 26.5. The topological polar surface area (TPSA) is 59.0 Å². The van der Waals surface area contributed by atoms with Crippen LogP contribution in [0, 0.1) is 0 Å². The first kappa shape index (κ1) is 25.1. The number of fused-ring (bicyclic) bond motifs is 5. The highest BCUT2D eigenvalue weighted by Gasteiger charge is 2.48. The van der Waals surface area contributed by atoms with Crippen molar-refractivity contribution in [1.29, 1.82) is 0 Å². The molecule has 2 heterocycles. The number of carbonyl (C=O) groups is 1. The summed E-state index contributed by atoms with van der Waals surface area (Å²) in [6.45, 7) is 7.76. The second-order valence-electron chi connectivity index (χ2n) is 12.3. The standard InChI is InChI=1S/C33H37NO4/c1-32(2,3)23-14-12-22(13-15-23)16-33(36)17-24-19-37-20-25(18-33)34(24)31(35)38-21-30-28-10-6-4-8-26(28)27-9-5-7-11-29(27)30/h4-15,24-25,30,36H,16-21H2,1-3H3. The predicted molar refractivity (Wildman–Crippen MR) is 148 cm³/mol. The summed E-state index contributed by atoms with van der Waals surface area (Å²) < 4.78 is 11.8. The molecule has 1 amide bonds. The van der Waals surface area contributed by atoms with E-state index in [1.165, 1.54) is 27.8 Å². The molecule has 3 aliphatic rings. The number of ether oxygens (including phenoxy) is 2. The Kier molecular flexibility index (Phi) is 6.32. The van der Waals surface area contributed by atoms with Gasteiger partial charge in [-0.15, -0.1) is 0 Å². The number of morpholine rings is 1. The van der Waals surface area contributed by atoms with Gasteiger partial charge in [0.25, 0.3) is 0 Å². The molecule has 2 fully saturated rings. The summed E-state index contributed by atoms with van der Waals surface area (Å²) in [4.78, 5) is 15.3. The van der Waals surface area contributed by atoms with Crippen molar-refractivity contribution in [2.24, 2.45) is 0 Å². The third kappa shape index (κ3) is 4.63. The maximum absolute atomic E-state index is 13.5. The van der Waals surface area contributed by atoms with Gasteiger partial charge < -0.3 is 14.6 Å². The monoisotopic (exact) mass is 511 g/mol. The fraction of sp³-hybridized carbons (Fsp3) is 0.424. The lowest BCUT2D eigenvalue weighted by atomic mass is 9.77. The largest absolute Gasteiger partial charge is 0.448 e. The van der Waals surface area contributed by atoms with Crippen LogP contribution in [0.5, 0.6) is 0 Å². The van der Waals surface area contributed by atoms with Gasteiger partial charge in [-0.1, -0.05) is 93.6 Å². The Hall–Kier alpha value is -3.15. The van der Waals surface area contributed by atoms with Crippen LogP contribution in [0.1, 0.15) is 61.8 Å². The van der Waals surface area contributed by atoms with E-state index in [1.807, 2.05) is 17.0 Å². The van der Waals surface area contributed by atoms with Crippen molar-refractivity contribution in [3.8, 4) is 11.1 Å². The van der Waals surface area contributed by atoms with Gasteiger partial charge in [0.1, 0.15) is 6.61 Å². The predicted octanol–water partition coefficient (Wildman–Crippen LogP) is 6.07. The molecular formula is C33H37NO4. The molecule has 1 aliphatic carbocycles. The molecule has 2 aliphatic heterocycles. The number of carbonyl (C=O) groups excluding carboxylic acids is 1. The van der Waals surface area contributed by atoms with Gasteiger partial charge in [-0.25, -0.2) is 4.79 Å². The van der Waals surface area contributed by atoms with Crippen LogP contribution in [-0.2, 0) is 21.3 Å². The molecule has 38 heavy (non-hydrogen) atoms. The van der Waals surface area contributed by atoms with Crippen LogP contribution in [0.25, 0.3) is 11.1 Å². The number of hydrogen-bond donors (Lipinski definition) is 1. The highest BCUT2D eigenvalue weighted by atomic mass is 16.6. The highest BCUT2D eigenvalue weighted by molar-refractivity contribution is 5.79. The fourth-order valence-electron chi connectivity index (χ4n) is 6.69. The Labute approximate surface area is 225 Å². The molecule has 1 N–H and O–H groups in total. The number of aliphatic hydroxyl groups is 1. The van der Waals surface area contributed by atoms with Crippen LogP contribution in [0.4, 0.5) is 4.79 Å². The molecule has 5 nitrogen and oxygen atoms in total. The second kappa shape index (κ2) is 9.55. The summed E-state index contributed by atoms with van der Waals surface area (Å²) in [6.07, 6.45) is 1.23. The molecule has 0 saturated carbocycles. The summed E-state index contributed by atoms with van der Waals surface area (Å²) in [5.41, 5.74) is 6.46. The third-order valence-electron chi connectivity index (χ3n) is 8.54. The van der Waals surface area contributed by atoms with E-state index in [-0.39, 0.29) is 29.5 Å². The summed E-state index contributed by atoms with van der Waals surface area (Å²) in [5, 5.41) is 11.6. The molecule has 2 atom stereocenters. The van der Waals surface area contributed by atoms with Crippen LogP contribution in [0.15, 0.2) is 72.8 Å². The third-order valence-corrected chi connectivity index (χ3v) is 8.54. The van der Waals surface area contributed by atoms with Crippen molar-refractivity contribution in [2.45, 2.75) is 69.1 Å². The molecule has 0 radical (unpaired) electrons. The maximum Gasteiger partial charge on any atom is 0.410 e. The van der Waals surface area contributed by atoms with Crippen LogP contribution in [0.2, 0.25) is 0 Å². The SMILES string of the molecule is CC(C)(C)c1ccc(CC2(O)CC3COCC(C2)N3C(=O)OCC2c3ccccc3-c3ccccc32)cc1. The summed E-state index contributed by atoms with van der Waals surface area (Å²) in [6, 6.07) is 24.9. The van der Waals surface area contributed by atoms with Crippen LogP contribution in [-0.4, -0.2) is 53.6 Å². The van der Waals surface area contributed by atoms with E-state index in [9.17, 15) is 9.90 Å². The molecule has 2 unspecified atom stereocenters. The van der Waals surface area contributed by atoms with Crippen molar-refractivity contribution in [1.82, 2.24) is 4.90 Å². The van der Waals surface area contributed by atoms with E-state index in [0.29, 0.717) is 39.1 Å². The Morgan fingerprint density at radius 2 is 1.47 bits per heavy atom. The van der Waals surface area contributed by atoms with Gasteiger partial charge in [0.05, 0.1) is 30.9 Å². The molecule has 2 saturated heterocycles. The van der Waals surface area contributed by atoms with Gasteiger partial charge in [-0.3, -0.25) is 4.90 Å². The summed E-state index contributed by atoms with van der Waals surface area (Å²) in [7, 11) is 0. The summed E-state index contributed by atoms with van der Waals surface area (Å²) in [5.74, 6) is 0.0280. The van der Waals surface area contributed by atoms with Crippen molar-refractivity contribution < 1.29 is 19.4 Å². The molecule has 6 rings (SSSR count). The van der Waals surface area contributed by atoms with E-state index in [4.69, 9.17) is 9.47 Å². The van der Waals surface area contributed by atoms with Crippen LogP contribution < -0.4 is 0 Å². The number of benzene rings is 3. The Morgan fingerprint density at radius 3 is 2.03 bits per heavy atom. The number of rotatable bonds is 4. The molecule has 0 aromatic heterocycles. The lowest BCUT2D eigenvalue weighted by Crippen LogP contribution is -2.64. The highest BCUT2D eigenvalue weighted by Crippen LogP contribution is 2.45. The molecule has 2 bridgehead atoms. The first-order valence-electron chi connectivity index (χ1n) is 13.7. The minimum atomic E-state index is -0.873. The van der Waals surface area contributed by atoms with Crippen LogP contribution >= 0.6 is 0 Å². The van der Waals surface area contributed by atoms with Crippen molar-refractivity contribution in [3.63, 3.8) is 0 Å². The molecule has 5 heteroatoms. The molecular weight excluding hydrogens is 474 g/mol. The number of amides is 1. The molecule has 198 valence electrons. The van der Waals surface area contributed by atoms with Gasteiger partial charge in [-0.05, 0) is 51.6 Å². The van der Waals surface area contributed by atoms with Gasteiger partial charge in [0.2, 0.25) is 0 Å². The smallest absolute Gasteiger partial charge is 0.410 e. The lowest BCUT2D eigenvalue weighted by Gasteiger charge is -2.51. The molecule has 3 aromatic rings. The first-order valence-corrected chi connectivity index (χ1v) is 13.7. The number of nitrogens with zero attached hydrogens (tertiary/aromatic N) is 1. The zero-order valence-electron chi connectivity index (χ0n) is 22.5. The van der Waals surface area contributed by atoms with Gasteiger partial charge in [0.15, 0.2) is 0 Å². The zero-order valence-corrected chi connectivity index (χ0v) is 22.5. The second-order valence-corrected chi connectivity index (χ2v) is 12.3. The minimum Gasteiger partial charge on any atom is -0.448 e. The van der Waals surface area contributed by atoms with Crippen molar-refractivity contribution >= 4 is 6.09 Å². The molecule has 3 aromatic carbocycles. The maximum atomic E-state index is 13.5. The quantitative estimate of drug-likeness (QED) is 0.462. The van der Waals surface area contributed by atoms with Crippen LogP contribution in [0.3, 0.4) is 0 Å². The van der Waals surface area contributed by atoms with E-state index in [1.54, 1.807) is 0 Å². The molecule has 0 spiro atoms. The van der Waals surface area contributed by atoms with E-state index in [0.717, 1.165) is 5.56 Å². The summed E-state index contributed by atoms with van der Waals surface area (Å²) >= 11 is 0. The van der Waals surface area contributed by atoms with Gasteiger partial charge in [0, 0.05) is 12.3 Å². The minimum absolute atomic E-state index is 0.0280. The average Bonchev–Trinajstić information content (AvgIpc) is 3.20. The average molecular weight is 512 g/mol. The Morgan fingerprint density at radius 1 is 0.921 bits per heavy atom. The lowest BCUT2D eigenvalue weighted by molar-refractivity contribution is -0.132. The Balaban J connectivity index is 1.14.